The van der Waals surface area contributed by atoms with Gasteiger partial charge in [0.1, 0.15) is 0 Å². The molecule has 2 rings (SSSR count). The zero-order chi connectivity index (χ0) is 12.3. The first-order valence-electron chi connectivity index (χ1n) is 5.98. The summed E-state index contributed by atoms with van der Waals surface area (Å²) >= 11 is 0. The number of aromatic nitrogens is 2. The van der Waals surface area contributed by atoms with Gasteiger partial charge in [-0.05, 0) is 19.3 Å². The molecule has 1 saturated carbocycles. The molecule has 0 bridgehead atoms. The van der Waals surface area contributed by atoms with Crippen molar-refractivity contribution in [1.29, 1.82) is 0 Å². The maximum Gasteiger partial charge on any atom is 0.171 e. The van der Waals surface area contributed by atoms with Crippen molar-refractivity contribution >= 4 is 11.6 Å². The Hall–Kier alpha value is -1.36. The Morgan fingerprint density at radius 2 is 2.06 bits per heavy atom. The number of hydrogen-bond acceptors (Lipinski definition) is 5. The molecule has 2 unspecified atom stereocenters. The smallest absolute Gasteiger partial charge is 0.171 e. The van der Waals surface area contributed by atoms with E-state index in [4.69, 9.17) is 4.74 Å². The van der Waals surface area contributed by atoms with E-state index in [0.717, 1.165) is 30.9 Å². The van der Waals surface area contributed by atoms with Crippen LogP contribution in [-0.4, -0.2) is 43.3 Å². The molecule has 1 aliphatic carbocycles. The minimum Gasteiger partial charge on any atom is -0.381 e. The molecule has 1 aromatic heterocycles. The number of anilines is 2. The molecule has 0 amide bonds. The van der Waals surface area contributed by atoms with E-state index < -0.39 is 0 Å². The van der Waals surface area contributed by atoms with Gasteiger partial charge in [-0.2, -0.15) is 0 Å². The average Bonchev–Trinajstić information content (AvgIpc) is 2.77. The average molecular weight is 236 g/mol. The Bertz CT molecular complexity index is 369. The van der Waals surface area contributed by atoms with Crippen LogP contribution in [0.2, 0.25) is 0 Å². The Morgan fingerprint density at radius 3 is 2.71 bits per heavy atom. The fourth-order valence-electron chi connectivity index (χ4n) is 2.24. The Balaban J connectivity index is 2.04. The zero-order valence-electron chi connectivity index (χ0n) is 10.7. The van der Waals surface area contributed by atoms with Crippen LogP contribution in [0.15, 0.2) is 12.4 Å². The SMILES string of the molecule is COC1CCC(Nc2nccnc2N(C)C)C1. The van der Waals surface area contributed by atoms with Crippen molar-refractivity contribution in [3.05, 3.63) is 12.4 Å². The van der Waals surface area contributed by atoms with Crippen LogP contribution in [0, 0.1) is 0 Å². The van der Waals surface area contributed by atoms with Gasteiger partial charge in [-0.3, -0.25) is 0 Å². The van der Waals surface area contributed by atoms with Gasteiger partial charge in [0.05, 0.1) is 6.10 Å². The lowest BCUT2D eigenvalue weighted by Gasteiger charge is -2.19. The van der Waals surface area contributed by atoms with E-state index in [1.54, 1.807) is 19.5 Å². The van der Waals surface area contributed by atoms with Gasteiger partial charge in [0.25, 0.3) is 0 Å². The number of ether oxygens (including phenoxy) is 1. The highest BCUT2D eigenvalue weighted by Gasteiger charge is 2.25. The molecular weight excluding hydrogens is 216 g/mol. The van der Waals surface area contributed by atoms with Gasteiger partial charge in [-0.25, -0.2) is 9.97 Å². The van der Waals surface area contributed by atoms with E-state index >= 15 is 0 Å². The number of nitrogens with zero attached hydrogens (tertiary/aromatic N) is 3. The molecule has 0 aliphatic heterocycles. The summed E-state index contributed by atoms with van der Waals surface area (Å²) in [5.41, 5.74) is 0. The summed E-state index contributed by atoms with van der Waals surface area (Å²) in [5.74, 6) is 1.74. The quantitative estimate of drug-likeness (QED) is 0.859. The highest BCUT2D eigenvalue weighted by Crippen LogP contribution is 2.26. The molecule has 1 aliphatic rings. The second-order valence-corrected chi connectivity index (χ2v) is 4.64. The minimum atomic E-state index is 0.381. The van der Waals surface area contributed by atoms with E-state index in [1.807, 2.05) is 19.0 Å². The molecule has 94 valence electrons. The topological polar surface area (TPSA) is 50.3 Å². The van der Waals surface area contributed by atoms with Crippen molar-refractivity contribution in [1.82, 2.24) is 9.97 Å². The number of hydrogen-bond donors (Lipinski definition) is 1. The van der Waals surface area contributed by atoms with Gasteiger partial charge in [-0.15, -0.1) is 0 Å². The summed E-state index contributed by atoms with van der Waals surface area (Å²) in [6.45, 7) is 0. The maximum absolute atomic E-state index is 5.37. The Labute approximate surface area is 102 Å². The third-order valence-corrected chi connectivity index (χ3v) is 3.16. The summed E-state index contributed by atoms with van der Waals surface area (Å²) < 4.78 is 5.37. The van der Waals surface area contributed by atoms with E-state index in [1.165, 1.54) is 0 Å². The van der Waals surface area contributed by atoms with Gasteiger partial charge < -0.3 is 15.0 Å². The molecular formula is C12H20N4O. The first-order chi connectivity index (χ1) is 8.20. The van der Waals surface area contributed by atoms with Gasteiger partial charge >= 0.3 is 0 Å². The zero-order valence-corrected chi connectivity index (χ0v) is 10.7. The second-order valence-electron chi connectivity index (χ2n) is 4.64. The van der Waals surface area contributed by atoms with E-state index in [-0.39, 0.29) is 0 Å². The molecule has 0 saturated heterocycles. The molecule has 1 N–H and O–H groups in total. The lowest BCUT2D eigenvalue weighted by molar-refractivity contribution is 0.108. The summed E-state index contributed by atoms with van der Waals surface area (Å²) in [5, 5.41) is 3.46. The van der Waals surface area contributed by atoms with E-state index in [9.17, 15) is 0 Å². The first-order valence-corrected chi connectivity index (χ1v) is 5.98. The van der Waals surface area contributed by atoms with Crippen LogP contribution in [0.4, 0.5) is 11.6 Å². The van der Waals surface area contributed by atoms with Crippen LogP contribution in [0.5, 0.6) is 0 Å². The minimum absolute atomic E-state index is 0.381. The predicted octanol–water partition coefficient (Wildman–Crippen LogP) is 1.52. The van der Waals surface area contributed by atoms with Gasteiger partial charge in [-0.1, -0.05) is 0 Å². The van der Waals surface area contributed by atoms with E-state index in [2.05, 4.69) is 15.3 Å². The van der Waals surface area contributed by atoms with Crippen LogP contribution in [-0.2, 0) is 4.74 Å². The molecule has 2 atom stereocenters. The van der Waals surface area contributed by atoms with Crippen molar-refractivity contribution in [3.63, 3.8) is 0 Å². The summed E-state index contributed by atoms with van der Waals surface area (Å²) in [7, 11) is 5.73. The molecule has 1 aromatic rings. The van der Waals surface area contributed by atoms with Crippen molar-refractivity contribution in [2.75, 3.05) is 31.4 Å². The largest absolute Gasteiger partial charge is 0.381 e. The number of methoxy groups -OCH3 is 1. The monoisotopic (exact) mass is 236 g/mol. The predicted molar refractivity (Wildman–Crippen MR) is 68.4 cm³/mol. The number of nitrogens with one attached hydrogen (secondary N) is 1. The third-order valence-electron chi connectivity index (χ3n) is 3.16. The molecule has 1 fully saturated rings. The molecule has 1 heterocycles. The van der Waals surface area contributed by atoms with Crippen molar-refractivity contribution < 1.29 is 4.74 Å². The van der Waals surface area contributed by atoms with Crippen LogP contribution in [0.3, 0.4) is 0 Å². The first kappa shape index (κ1) is 12.1. The fourth-order valence-corrected chi connectivity index (χ4v) is 2.24. The van der Waals surface area contributed by atoms with Crippen LogP contribution >= 0.6 is 0 Å². The maximum atomic E-state index is 5.37. The Kier molecular flexibility index (Phi) is 3.78. The summed E-state index contributed by atoms with van der Waals surface area (Å²) in [6.07, 6.45) is 7.10. The van der Waals surface area contributed by atoms with Crippen LogP contribution < -0.4 is 10.2 Å². The lowest BCUT2D eigenvalue weighted by atomic mass is 10.2. The normalized spacial score (nSPS) is 23.7. The summed E-state index contributed by atoms with van der Waals surface area (Å²) in [4.78, 5) is 10.7. The molecule has 17 heavy (non-hydrogen) atoms. The molecule has 0 spiro atoms. The molecule has 5 nitrogen and oxygen atoms in total. The molecule has 0 radical (unpaired) electrons. The standard InChI is InChI=1S/C12H20N4O/c1-16(2)12-11(13-6-7-14-12)15-9-4-5-10(8-9)17-3/h6-7,9-10H,4-5,8H2,1-3H3,(H,13,15). The highest BCUT2D eigenvalue weighted by atomic mass is 16.5. The third kappa shape index (κ3) is 2.85. The highest BCUT2D eigenvalue weighted by molar-refractivity contribution is 5.60. The van der Waals surface area contributed by atoms with Crippen molar-refractivity contribution in [2.24, 2.45) is 0 Å². The van der Waals surface area contributed by atoms with Crippen LogP contribution in [0.1, 0.15) is 19.3 Å². The Morgan fingerprint density at radius 1 is 1.29 bits per heavy atom. The fraction of sp³-hybridized carbons (Fsp3) is 0.667. The second kappa shape index (κ2) is 5.31. The summed E-state index contributed by atoms with van der Waals surface area (Å²) in [6, 6.07) is 0.440. The number of rotatable bonds is 4. The molecule has 5 heteroatoms. The van der Waals surface area contributed by atoms with Gasteiger partial charge in [0, 0.05) is 39.6 Å². The molecule has 0 aromatic carbocycles. The lowest BCUT2D eigenvalue weighted by Crippen LogP contribution is -2.21. The van der Waals surface area contributed by atoms with Crippen molar-refractivity contribution in [2.45, 2.75) is 31.4 Å². The van der Waals surface area contributed by atoms with Gasteiger partial charge in [0.15, 0.2) is 11.6 Å². The van der Waals surface area contributed by atoms with Gasteiger partial charge in [0.2, 0.25) is 0 Å². The van der Waals surface area contributed by atoms with E-state index in [0.29, 0.717) is 12.1 Å². The van der Waals surface area contributed by atoms with Crippen molar-refractivity contribution in [3.8, 4) is 0 Å². The van der Waals surface area contributed by atoms with Crippen LogP contribution in [0.25, 0.3) is 0 Å².